The van der Waals surface area contributed by atoms with Crippen LogP contribution in [0.4, 0.5) is 5.82 Å². The molecule has 2 heterocycles. The van der Waals surface area contributed by atoms with Crippen LogP contribution in [0.15, 0.2) is 24.3 Å². The Morgan fingerprint density at radius 3 is 2.66 bits per heavy atom. The zero-order valence-electron chi connectivity index (χ0n) is 19.8. The molecule has 1 aliphatic heterocycles. The van der Waals surface area contributed by atoms with Crippen molar-refractivity contribution in [1.82, 2.24) is 15.3 Å². The highest BCUT2D eigenvalue weighted by molar-refractivity contribution is 5.62. The molecule has 0 spiro atoms. The number of ether oxygens (including phenoxy) is 2. The molecule has 3 rings (SSSR count). The number of hydrogen-bond acceptors (Lipinski definition) is 8. The molecule has 1 atom stereocenters. The van der Waals surface area contributed by atoms with Crippen molar-refractivity contribution in [2.45, 2.75) is 51.4 Å². The van der Waals surface area contributed by atoms with E-state index in [2.05, 4.69) is 10.2 Å². The summed E-state index contributed by atoms with van der Waals surface area (Å²) in [5.41, 5.74) is 1.15. The number of likely N-dealkylation sites (N-methyl/N-ethyl adjacent to an activating group) is 1. The van der Waals surface area contributed by atoms with Crippen molar-refractivity contribution in [2.24, 2.45) is 0 Å². The zero-order chi connectivity index (χ0) is 23.3. The minimum absolute atomic E-state index is 0.186. The Morgan fingerprint density at radius 2 is 2.00 bits per heavy atom. The monoisotopic (exact) mass is 444 g/mol. The number of nitrogens with one attached hydrogen (secondary N) is 1. The van der Waals surface area contributed by atoms with Gasteiger partial charge in [-0.3, -0.25) is 0 Å². The standard InChI is InChI=1S/C24H36N4O4/c1-16-21(24(2,3)30)26-22(27-23(16)28(5)18-9-11-31-12-10-18)17-7-6-8-20(13-17)32-15-19(29)14-25-4/h6-8,13,18-19,25,29-30H,9-12,14-15H2,1-5H3. The number of benzene rings is 1. The van der Waals surface area contributed by atoms with Crippen molar-refractivity contribution in [1.29, 1.82) is 0 Å². The van der Waals surface area contributed by atoms with Crippen molar-refractivity contribution >= 4 is 5.82 Å². The van der Waals surface area contributed by atoms with Gasteiger partial charge in [-0.05, 0) is 52.8 Å². The summed E-state index contributed by atoms with van der Waals surface area (Å²) in [7, 11) is 3.83. The summed E-state index contributed by atoms with van der Waals surface area (Å²) >= 11 is 0. The lowest BCUT2D eigenvalue weighted by Gasteiger charge is -2.34. The van der Waals surface area contributed by atoms with Crippen LogP contribution in [-0.4, -0.2) is 72.8 Å². The van der Waals surface area contributed by atoms with Gasteiger partial charge in [0.2, 0.25) is 0 Å². The van der Waals surface area contributed by atoms with Crippen molar-refractivity contribution < 1.29 is 19.7 Å². The second-order valence-corrected chi connectivity index (χ2v) is 8.91. The predicted molar refractivity (Wildman–Crippen MR) is 125 cm³/mol. The highest BCUT2D eigenvalue weighted by Crippen LogP contribution is 2.33. The third-order valence-corrected chi connectivity index (χ3v) is 5.75. The first-order chi connectivity index (χ1) is 15.2. The van der Waals surface area contributed by atoms with Gasteiger partial charge < -0.3 is 29.9 Å². The Kier molecular flexibility index (Phi) is 8.05. The van der Waals surface area contributed by atoms with E-state index in [4.69, 9.17) is 19.4 Å². The summed E-state index contributed by atoms with van der Waals surface area (Å²) in [4.78, 5) is 11.8. The Bertz CT molecular complexity index is 894. The van der Waals surface area contributed by atoms with Gasteiger partial charge in [-0.2, -0.15) is 0 Å². The van der Waals surface area contributed by atoms with Crippen molar-refractivity contribution in [3.63, 3.8) is 0 Å². The number of aromatic nitrogens is 2. The van der Waals surface area contributed by atoms with Gasteiger partial charge in [0.05, 0.1) is 5.69 Å². The topological polar surface area (TPSA) is 100.0 Å². The molecular formula is C24H36N4O4. The summed E-state index contributed by atoms with van der Waals surface area (Å²) in [5.74, 6) is 1.98. The molecule has 32 heavy (non-hydrogen) atoms. The maximum atomic E-state index is 10.8. The van der Waals surface area contributed by atoms with E-state index in [9.17, 15) is 10.2 Å². The van der Waals surface area contributed by atoms with E-state index in [0.717, 1.165) is 43.0 Å². The molecule has 2 aromatic rings. The van der Waals surface area contributed by atoms with E-state index in [1.807, 2.05) is 38.2 Å². The van der Waals surface area contributed by atoms with Crippen molar-refractivity contribution in [3.8, 4) is 17.1 Å². The summed E-state index contributed by atoms with van der Waals surface area (Å²) in [6, 6.07) is 7.83. The van der Waals surface area contributed by atoms with Crippen LogP contribution in [0.5, 0.6) is 5.75 Å². The van der Waals surface area contributed by atoms with Crippen LogP contribution < -0.4 is 15.0 Å². The summed E-state index contributed by atoms with van der Waals surface area (Å²) in [5, 5.41) is 23.7. The molecule has 3 N–H and O–H groups in total. The summed E-state index contributed by atoms with van der Waals surface area (Å²) < 4.78 is 11.3. The Hall–Kier alpha value is -2.26. The quantitative estimate of drug-likeness (QED) is 0.542. The third kappa shape index (κ3) is 5.95. The molecule has 8 heteroatoms. The molecule has 1 aromatic heterocycles. The molecule has 8 nitrogen and oxygen atoms in total. The number of anilines is 1. The molecule has 1 aliphatic rings. The minimum Gasteiger partial charge on any atom is -0.491 e. The molecular weight excluding hydrogens is 408 g/mol. The van der Waals surface area contributed by atoms with Gasteiger partial charge in [-0.15, -0.1) is 0 Å². The van der Waals surface area contributed by atoms with E-state index >= 15 is 0 Å². The van der Waals surface area contributed by atoms with Crippen molar-refractivity contribution in [2.75, 3.05) is 45.4 Å². The molecule has 1 saturated heterocycles. The lowest BCUT2D eigenvalue weighted by molar-refractivity contribution is 0.0728. The highest BCUT2D eigenvalue weighted by Gasteiger charge is 2.28. The number of nitrogens with zero attached hydrogens (tertiary/aromatic N) is 3. The van der Waals surface area contributed by atoms with Gasteiger partial charge in [0.15, 0.2) is 5.82 Å². The Labute approximate surface area is 190 Å². The van der Waals surface area contributed by atoms with Gasteiger partial charge in [0, 0.05) is 44.0 Å². The van der Waals surface area contributed by atoms with Crippen LogP contribution in [0.25, 0.3) is 11.4 Å². The second-order valence-electron chi connectivity index (χ2n) is 8.91. The molecule has 0 bridgehead atoms. The van der Waals surface area contributed by atoms with E-state index < -0.39 is 11.7 Å². The SMILES string of the molecule is CNCC(O)COc1cccc(-c2nc(N(C)C3CCOCC3)c(C)c(C(C)(C)O)n2)c1. The molecule has 0 saturated carbocycles. The maximum absolute atomic E-state index is 10.8. The summed E-state index contributed by atoms with van der Waals surface area (Å²) in [6.45, 7) is 7.57. The Morgan fingerprint density at radius 1 is 1.28 bits per heavy atom. The first-order valence-electron chi connectivity index (χ1n) is 11.2. The predicted octanol–water partition coefficient (Wildman–Crippen LogP) is 2.25. The van der Waals surface area contributed by atoms with Crippen LogP contribution in [0.3, 0.4) is 0 Å². The minimum atomic E-state index is -1.11. The van der Waals surface area contributed by atoms with Crippen LogP contribution in [0, 0.1) is 6.92 Å². The highest BCUT2D eigenvalue weighted by atomic mass is 16.5. The van der Waals surface area contributed by atoms with Crippen LogP contribution in [-0.2, 0) is 10.3 Å². The van der Waals surface area contributed by atoms with Gasteiger partial charge in [0.1, 0.15) is 29.9 Å². The molecule has 1 aromatic carbocycles. The van der Waals surface area contributed by atoms with E-state index in [0.29, 0.717) is 29.9 Å². The fraction of sp³-hybridized carbons (Fsp3) is 0.583. The fourth-order valence-corrected chi connectivity index (χ4v) is 4.03. The zero-order valence-corrected chi connectivity index (χ0v) is 19.8. The molecule has 1 unspecified atom stereocenters. The number of aliphatic hydroxyl groups excluding tert-OH is 1. The van der Waals surface area contributed by atoms with E-state index in [-0.39, 0.29) is 6.61 Å². The molecule has 0 radical (unpaired) electrons. The van der Waals surface area contributed by atoms with Crippen LogP contribution in [0.2, 0.25) is 0 Å². The largest absolute Gasteiger partial charge is 0.491 e. The fourth-order valence-electron chi connectivity index (χ4n) is 4.03. The smallest absolute Gasteiger partial charge is 0.162 e. The van der Waals surface area contributed by atoms with Gasteiger partial charge in [-0.1, -0.05) is 12.1 Å². The summed E-state index contributed by atoms with van der Waals surface area (Å²) in [6.07, 6.45) is 1.28. The van der Waals surface area contributed by atoms with Gasteiger partial charge in [-0.25, -0.2) is 9.97 Å². The maximum Gasteiger partial charge on any atom is 0.162 e. The average Bonchev–Trinajstić information content (AvgIpc) is 2.77. The first kappa shape index (κ1) is 24.4. The number of rotatable bonds is 9. The van der Waals surface area contributed by atoms with Crippen LogP contribution >= 0.6 is 0 Å². The normalized spacial score (nSPS) is 16.1. The van der Waals surface area contributed by atoms with Gasteiger partial charge >= 0.3 is 0 Å². The lowest BCUT2D eigenvalue weighted by Crippen LogP contribution is -2.38. The van der Waals surface area contributed by atoms with E-state index in [1.54, 1.807) is 20.9 Å². The number of aliphatic hydroxyl groups is 2. The molecule has 176 valence electrons. The Balaban J connectivity index is 1.96. The molecule has 1 fully saturated rings. The first-order valence-corrected chi connectivity index (χ1v) is 11.2. The van der Waals surface area contributed by atoms with Crippen molar-refractivity contribution in [3.05, 3.63) is 35.5 Å². The lowest BCUT2D eigenvalue weighted by atomic mass is 9.99. The third-order valence-electron chi connectivity index (χ3n) is 5.75. The average molecular weight is 445 g/mol. The molecule has 0 amide bonds. The number of hydrogen-bond donors (Lipinski definition) is 3. The van der Waals surface area contributed by atoms with E-state index in [1.165, 1.54) is 0 Å². The second kappa shape index (κ2) is 10.6. The molecule has 0 aliphatic carbocycles. The van der Waals surface area contributed by atoms with Gasteiger partial charge in [0.25, 0.3) is 0 Å². The van der Waals surface area contributed by atoms with Crippen LogP contribution in [0.1, 0.15) is 37.9 Å².